The first-order chi connectivity index (χ1) is 9.17. The first-order valence-corrected chi connectivity index (χ1v) is 8.00. The molecule has 1 aromatic rings. The lowest BCUT2D eigenvalue weighted by Gasteiger charge is -2.25. The van der Waals surface area contributed by atoms with E-state index in [4.69, 9.17) is 13.3 Å². The molecule has 0 aliphatic rings. The van der Waals surface area contributed by atoms with Gasteiger partial charge in [-0.15, -0.1) is 0 Å². The van der Waals surface area contributed by atoms with Crippen molar-refractivity contribution in [2.24, 2.45) is 0 Å². The molecule has 0 aliphatic heterocycles. The molecule has 0 aliphatic carbocycles. The number of benzene rings is 1. The Morgan fingerprint density at radius 2 is 1.63 bits per heavy atom. The van der Waals surface area contributed by atoms with Crippen LogP contribution in [0.5, 0.6) is 0 Å². The second kappa shape index (κ2) is 9.09. The minimum absolute atomic E-state index is 0.0206. The van der Waals surface area contributed by atoms with Gasteiger partial charge in [-0.1, -0.05) is 18.2 Å². The van der Waals surface area contributed by atoms with E-state index in [0.717, 1.165) is 5.69 Å². The maximum atomic E-state index is 5.86. The summed E-state index contributed by atoms with van der Waals surface area (Å²) in [7, 11) is -1.62. The van der Waals surface area contributed by atoms with Gasteiger partial charge in [0.25, 0.3) is 0 Å². The molecule has 2 unspecified atom stereocenters. The van der Waals surface area contributed by atoms with Crippen LogP contribution in [0.15, 0.2) is 30.3 Å². The summed E-state index contributed by atoms with van der Waals surface area (Å²) in [6.07, 6.45) is 0.0206. The van der Waals surface area contributed by atoms with Gasteiger partial charge in [-0.05, 0) is 39.8 Å². The molecular formula is C14H24NO3Si. The van der Waals surface area contributed by atoms with Crippen LogP contribution in [-0.2, 0) is 13.3 Å². The highest BCUT2D eigenvalue weighted by Crippen LogP contribution is 2.11. The SMILES string of the molecule is CCO[Si](OCC)OC(C)C(C)Nc1ccccc1. The van der Waals surface area contributed by atoms with Gasteiger partial charge < -0.3 is 18.6 Å². The minimum Gasteiger partial charge on any atom is -0.380 e. The van der Waals surface area contributed by atoms with Gasteiger partial charge in [0.1, 0.15) is 0 Å². The van der Waals surface area contributed by atoms with Gasteiger partial charge in [0, 0.05) is 24.9 Å². The lowest BCUT2D eigenvalue weighted by Crippen LogP contribution is -2.38. The number of anilines is 1. The molecule has 5 heteroatoms. The Bertz CT molecular complexity index is 331. The molecule has 0 heterocycles. The standard InChI is InChI=1S/C14H24NO3Si/c1-5-16-19(17-6-2)18-13(4)12(3)15-14-10-8-7-9-11-14/h7-13,15H,5-6H2,1-4H3. The van der Waals surface area contributed by atoms with E-state index in [9.17, 15) is 0 Å². The molecule has 1 rings (SSSR count). The highest BCUT2D eigenvalue weighted by atomic mass is 28.3. The number of hydrogen-bond donors (Lipinski definition) is 1. The zero-order chi connectivity index (χ0) is 14.1. The minimum atomic E-state index is -1.62. The van der Waals surface area contributed by atoms with Crippen molar-refractivity contribution < 1.29 is 13.3 Å². The van der Waals surface area contributed by atoms with Gasteiger partial charge in [-0.2, -0.15) is 0 Å². The zero-order valence-electron chi connectivity index (χ0n) is 12.2. The van der Waals surface area contributed by atoms with E-state index in [0.29, 0.717) is 13.2 Å². The van der Waals surface area contributed by atoms with Crippen LogP contribution < -0.4 is 5.32 Å². The van der Waals surface area contributed by atoms with Gasteiger partial charge in [0.05, 0.1) is 6.10 Å². The molecule has 4 nitrogen and oxygen atoms in total. The summed E-state index contributed by atoms with van der Waals surface area (Å²) in [5.41, 5.74) is 1.09. The second-order valence-electron chi connectivity index (χ2n) is 4.24. The van der Waals surface area contributed by atoms with E-state index < -0.39 is 9.53 Å². The topological polar surface area (TPSA) is 39.7 Å². The van der Waals surface area contributed by atoms with Crippen LogP contribution in [0.25, 0.3) is 0 Å². The molecule has 0 spiro atoms. The quantitative estimate of drug-likeness (QED) is 0.707. The summed E-state index contributed by atoms with van der Waals surface area (Å²) in [6.45, 7) is 9.24. The summed E-state index contributed by atoms with van der Waals surface area (Å²) in [5, 5.41) is 3.41. The summed E-state index contributed by atoms with van der Waals surface area (Å²) >= 11 is 0. The van der Waals surface area contributed by atoms with Crippen LogP contribution in [0.1, 0.15) is 27.7 Å². The van der Waals surface area contributed by atoms with E-state index >= 15 is 0 Å². The van der Waals surface area contributed by atoms with Crippen LogP contribution in [-0.4, -0.2) is 34.9 Å². The molecule has 0 amide bonds. The third kappa shape index (κ3) is 6.20. The Balaban J connectivity index is 2.44. The maximum absolute atomic E-state index is 5.86. The normalized spacial score (nSPS) is 14.4. The van der Waals surface area contributed by atoms with Crippen LogP contribution >= 0.6 is 0 Å². The Morgan fingerprint density at radius 1 is 1.05 bits per heavy atom. The van der Waals surface area contributed by atoms with Gasteiger partial charge in [-0.3, -0.25) is 0 Å². The smallest absolute Gasteiger partial charge is 0.380 e. The Kier molecular flexibility index (Phi) is 7.74. The Labute approximate surface area is 118 Å². The molecule has 0 aromatic heterocycles. The summed E-state index contributed by atoms with van der Waals surface area (Å²) in [6, 6.07) is 10.3. The largest absolute Gasteiger partial charge is 0.578 e. The second-order valence-corrected chi connectivity index (χ2v) is 5.55. The van der Waals surface area contributed by atoms with Gasteiger partial charge in [-0.25, -0.2) is 0 Å². The van der Waals surface area contributed by atoms with Crippen molar-refractivity contribution in [3.05, 3.63) is 30.3 Å². The molecule has 107 valence electrons. The highest BCUT2D eigenvalue weighted by Gasteiger charge is 2.24. The van der Waals surface area contributed by atoms with Crippen molar-refractivity contribution >= 4 is 15.2 Å². The van der Waals surface area contributed by atoms with Crippen molar-refractivity contribution in [2.75, 3.05) is 18.5 Å². The summed E-state index contributed by atoms with van der Waals surface area (Å²) < 4.78 is 16.8. The fourth-order valence-electron chi connectivity index (χ4n) is 1.51. The van der Waals surface area contributed by atoms with E-state index in [1.807, 2.05) is 51.1 Å². The monoisotopic (exact) mass is 282 g/mol. The zero-order valence-corrected chi connectivity index (χ0v) is 13.2. The van der Waals surface area contributed by atoms with E-state index in [-0.39, 0.29) is 12.1 Å². The van der Waals surface area contributed by atoms with Crippen molar-refractivity contribution in [3.8, 4) is 0 Å². The molecule has 1 aromatic carbocycles. The molecule has 1 N–H and O–H groups in total. The van der Waals surface area contributed by atoms with E-state index in [1.165, 1.54) is 0 Å². The van der Waals surface area contributed by atoms with Gasteiger partial charge >= 0.3 is 9.53 Å². The third-order valence-corrected chi connectivity index (χ3v) is 4.29. The van der Waals surface area contributed by atoms with Crippen molar-refractivity contribution in [1.82, 2.24) is 0 Å². The average molecular weight is 282 g/mol. The van der Waals surface area contributed by atoms with Gasteiger partial charge in [0.15, 0.2) is 0 Å². The third-order valence-electron chi connectivity index (χ3n) is 2.68. The molecular weight excluding hydrogens is 258 g/mol. The van der Waals surface area contributed by atoms with Gasteiger partial charge in [0.2, 0.25) is 0 Å². The first kappa shape index (κ1) is 16.2. The number of para-hydroxylation sites is 1. The van der Waals surface area contributed by atoms with E-state index in [1.54, 1.807) is 0 Å². The molecule has 0 bridgehead atoms. The maximum Gasteiger partial charge on any atom is 0.578 e. The van der Waals surface area contributed by atoms with Crippen molar-refractivity contribution in [1.29, 1.82) is 0 Å². The lowest BCUT2D eigenvalue weighted by molar-refractivity contribution is 0.0647. The molecule has 0 saturated heterocycles. The van der Waals surface area contributed by atoms with Crippen LogP contribution in [0.2, 0.25) is 0 Å². The number of hydrogen-bond acceptors (Lipinski definition) is 4. The molecule has 0 saturated carbocycles. The first-order valence-electron chi connectivity index (χ1n) is 6.78. The fraction of sp³-hybridized carbons (Fsp3) is 0.571. The molecule has 0 fully saturated rings. The summed E-state index contributed by atoms with van der Waals surface area (Å²) in [5.74, 6) is 0. The predicted octanol–water partition coefficient (Wildman–Crippen LogP) is 2.95. The predicted molar refractivity (Wildman–Crippen MR) is 79.1 cm³/mol. The number of rotatable bonds is 9. The van der Waals surface area contributed by atoms with Crippen LogP contribution in [0.4, 0.5) is 5.69 Å². The van der Waals surface area contributed by atoms with Crippen LogP contribution in [0, 0.1) is 0 Å². The van der Waals surface area contributed by atoms with Crippen molar-refractivity contribution in [2.45, 2.75) is 39.8 Å². The Morgan fingerprint density at radius 3 is 2.16 bits per heavy atom. The lowest BCUT2D eigenvalue weighted by atomic mass is 10.2. The Hall–Kier alpha value is -0.883. The summed E-state index contributed by atoms with van der Waals surface area (Å²) in [4.78, 5) is 0. The van der Waals surface area contributed by atoms with Crippen molar-refractivity contribution in [3.63, 3.8) is 0 Å². The molecule has 2 atom stereocenters. The number of nitrogens with one attached hydrogen (secondary N) is 1. The van der Waals surface area contributed by atoms with E-state index in [2.05, 4.69) is 12.2 Å². The van der Waals surface area contributed by atoms with Crippen LogP contribution in [0.3, 0.4) is 0 Å². The fourth-order valence-corrected chi connectivity index (χ4v) is 2.71. The molecule has 1 radical (unpaired) electrons. The average Bonchev–Trinajstić information content (AvgIpc) is 2.40. The highest BCUT2D eigenvalue weighted by molar-refractivity contribution is 6.36. The molecule has 19 heavy (non-hydrogen) atoms.